The molecule has 1 N–H and O–H groups in total. The van der Waals surface area contributed by atoms with Gasteiger partial charge in [0.25, 0.3) is 0 Å². The fourth-order valence-electron chi connectivity index (χ4n) is 0.896. The lowest BCUT2D eigenvalue weighted by atomic mass is 9.97. The zero-order chi connectivity index (χ0) is 6.85. The Morgan fingerprint density at radius 3 is 2.67 bits per heavy atom. The molecule has 0 aliphatic carbocycles. The molecule has 0 bridgehead atoms. The Balaban J connectivity index is 2.38. The molecule has 2 radical (unpaired) electrons. The molecule has 1 heterocycles. The second kappa shape index (κ2) is 2.67. The Hall–Kier alpha value is -0.0851. The Morgan fingerprint density at radius 2 is 2.44 bits per heavy atom. The molecule has 0 saturated carbocycles. The van der Waals surface area contributed by atoms with Crippen LogP contribution in [0.2, 0.25) is 0 Å². The van der Waals surface area contributed by atoms with Crippen LogP contribution in [0.4, 0.5) is 4.39 Å². The molecular formula is C5H8BFO2. The van der Waals surface area contributed by atoms with Crippen LogP contribution in [0.5, 0.6) is 0 Å². The number of alkyl halides is 1. The molecule has 3 atom stereocenters. The Morgan fingerprint density at radius 1 is 1.78 bits per heavy atom. The number of ether oxygens (including phenoxy) is 1. The molecule has 1 saturated heterocycles. The van der Waals surface area contributed by atoms with Crippen molar-refractivity contribution in [2.75, 3.05) is 6.61 Å². The van der Waals surface area contributed by atoms with Crippen molar-refractivity contribution >= 4 is 7.85 Å². The van der Waals surface area contributed by atoms with Gasteiger partial charge < -0.3 is 9.84 Å². The van der Waals surface area contributed by atoms with Gasteiger partial charge in [0.15, 0.2) is 0 Å². The molecule has 2 nitrogen and oxygen atoms in total. The van der Waals surface area contributed by atoms with Crippen molar-refractivity contribution in [1.82, 2.24) is 0 Å². The van der Waals surface area contributed by atoms with E-state index in [2.05, 4.69) is 0 Å². The van der Waals surface area contributed by atoms with Crippen LogP contribution in [0.1, 0.15) is 6.42 Å². The SMILES string of the molecule is [B]C1CC(F)C(CO)O1. The smallest absolute Gasteiger partial charge is 0.130 e. The minimum atomic E-state index is -1.09. The molecule has 0 aromatic rings. The van der Waals surface area contributed by atoms with E-state index < -0.39 is 18.3 Å². The molecule has 50 valence electrons. The van der Waals surface area contributed by atoms with Crippen molar-refractivity contribution < 1.29 is 14.2 Å². The Kier molecular flexibility index (Phi) is 2.08. The predicted octanol–water partition coefficient (Wildman–Crippen LogP) is -0.400. The van der Waals surface area contributed by atoms with Crippen LogP contribution in [0.3, 0.4) is 0 Å². The van der Waals surface area contributed by atoms with Crippen molar-refractivity contribution in [3.63, 3.8) is 0 Å². The molecule has 9 heavy (non-hydrogen) atoms. The minimum Gasteiger partial charge on any atom is -0.394 e. The summed E-state index contributed by atoms with van der Waals surface area (Å²) in [4.78, 5) is 0. The average Bonchev–Trinajstić information content (AvgIpc) is 2.10. The molecule has 1 rings (SSSR count). The fraction of sp³-hybridized carbons (Fsp3) is 1.00. The second-order valence-corrected chi connectivity index (χ2v) is 2.15. The summed E-state index contributed by atoms with van der Waals surface area (Å²) in [5.74, 6) is 0. The lowest BCUT2D eigenvalue weighted by Gasteiger charge is -2.07. The topological polar surface area (TPSA) is 29.5 Å². The number of rotatable bonds is 1. The first kappa shape index (κ1) is 7.03. The van der Waals surface area contributed by atoms with Crippen LogP contribution in [0.25, 0.3) is 0 Å². The van der Waals surface area contributed by atoms with Crippen LogP contribution < -0.4 is 0 Å². The molecule has 1 aliphatic rings. The number of aliphatic hydroxyl groups is 1. The number of hydrogen-bond acceptors (Lipinski definition) is 2. The van der Waals surface area contributed by atoms with Crippen molar-refractivity contribution in [2.24, 2.45) is 0 Å². The lowest BCUT2D eigenvalue weighted by molar-refractivity contribution is 0.0188. The largest absolute Gasteiger partial charge is 0.394 e. The number of aliphatic hydroxyl groups excluding tert-OH is 1. The van der Waals surface area contributed by atoms with Gasteiger partial charge in [-0.15, -0.1) is 0 Å². The summed E-state index contributed by atoms with van der Waals surface area (Å²) in [5, 5.41) is 8.43. The maximum Gasteiger partial charge on any atom is 0.130 e. The van der Waals surface area contributed by atoms with Gasteiger partial charge in [0.1, 0.15) is 20.1 Å². The van der Waals surface area contributed by atoms with E-state index in [0.717, 1.165) is 0 Å². The summed E-state index contributed by atoms with van der Waals surface area (Å²) in [6.45, 7) is -0.283. The third kappa shape index (κ3) is 1.43. The van der Waals surface area contributed by atoms with E-state index >= 15 is 0 Å². The first-order valence-electron chi connectivity index (χ1n) is 2.90. The summed E-state index contributed by atoms with van der Waals surface area (Å²) in [5.41, 5.74) is 0. The van der Waals surface area contributed by atoms with E-state index in [4.69, 9.17) is 17.7 Å². The summed E-state index contributed by atoms with van der Waals surface area (Å²) >= 11 is 0. The molecule has 0 amide bonds. The molecule has 3 unspecified atom stereocenters. The van der Waals surface area contributed by atoms with Crippen molar-refractivity contribution in [2.45, 2.75) is 24.7 Å². The first-order valence-corrected chi connectivity index (χ1v) is 2.90. The normalized spacial score (nSPS) is 43.6. The van der Waals surface area contributed by atoms with Crippen LogP contribution in [-0.4, -0.2) is 37.8 Å². The highest BCUT2D eigenvalue weighted by molar-refractivity contribution is 6.11. The Labute approximate surface area is 54.4 Å². The highest BCUT2D eigenvalue weighted by Crippen LogP contribution is 2.20. The van der Waals surface area contributed by atoms with E-state index in [-0.39, 0.29) is 13.0 Å². The maximum absolute atomic E-state index is 12.5. The standard InChI is InChI=1S/C5H8BFO2/c6-5-1-3(7)4(2-8)9-5/h3-5,8H,1-2H2. The fourth-order valence-corrected chi connectivity index (χ4v) is 0.896. The van der Waals surface area contributed by atoms with Gasteiger partial charge >= 0.3 is 0 Å². The molecule has 0 spiro atoms. The van der Waals surface area contributed by atoms with Crippen LogP contribution in [0.15, 0.2) is 0 Å². The monoisotopic (exact) mass is 130 g/mol. The quantitative estimate of drug-likeness (QED) is 0.489. The van der Waals surface area contributed by atoms with Gasteiger partial charge in [-0.2, -0.15) is 0 Å². The van der Waals surface area contributed by atoms with Crippen LogP contribution in [-0.2, 0) is 4.74 Å². The molecule has 1 aliphatic heterocycles. The second-order valence-electron chi connectivity index (χ2n) is 2.15. The third-order valence-corrected chi connectivity index (χ3v) is 1.39. The van der Waals surface area contributed by atoms with Crippen LogP contribution >= 0.6 is 0 Å². The van der Waals surface area contributed by atoms with E-state index in [1.807, 2.05) is 0 Å². The maximum atomic E-state index is 12.5. The highest BCUT2D eigenvalue weighted by Gasteiger charge is 2.31. The molecular weight excluding hydrogens is 122 g/mol. The molecule has 0 aromatic carbocycles. The van der Waals surface area contributed by atoms with Gasteiger partial charge in [-0.1, -0.05) is 0 Å². The summed E-state index contributed by atoms with van der Waals surface area (Å²) in [7, 11) is 5.22. The summed E-state index contributed by atoms with van der Waals surface area (Å²) < 4.78 is 17.2. The zero-order valence-corrected chi connectivity index (χ0v) is 4.96. The number of halogens is 1. The molecule has 0 aromatic heterocycles. The lowest BCUT2D eigenvalue weighted by Crippen LogP contribution is -2.21. The van der Waals surface area contributed by atoms with Gasteiger partial charge in [0.2, 0.25) is 0 Å². The van der Waals surface area contributed by atoms with E-state index in [0.29, 0.717) is 0 Å². The first-order chi connectivity index (χ1) is 4.24. The van der Waals surface area contributed by atoms with Crippen molar-refractivity contribution in [1.29, 1.82) is 0 Å². The van der Waals surface area contributed by atoms with Gasteiger partial charge in [0.05, 0.1) is 6.61 Å². The summed E-state index contributed by atoms with van der Waals surface area (Å²) in [6, 6.07) is -0.530. The van der Waals surface area contributed by atoms with Gasteiger partial charge in [-0.3, -0.25) is 0 Å². The van der Waals surface area contributed by atoms with Crippen LogP contribution in [0, 0.1) is 0 Å². The van der Waals surface area contributed by atoms with Crippen molar-refractivity contribution in [3.05, 3.63) is 0 Å². The third-order valence-electron chi connectivity index (χ3n) is 1.39. The van der Waals surface area contributed by atoms with Crippen molar-refractivity contribution in [3.8, 4) is 0 Å². The van der Waals surface area contributed by atoms with Gasteiger partial charge in [-0.05, 0) is 6.42 Å². The Bertz CT molecular complexity index is 101. The number of hydrogen-bond donors (Lipinski definition) is 1. The van der Waals surface area contributed by atoms with E-state index in [1.165, 1.54) is 0 Å². The molecule has 1 fully saturated rings. The predicted molar refractivity (Wildman–Crippen MR) is 31.0 cm³/mol. The highest BCUT2D eigenvalue weighted by atomic mass is 19.1. The molecule has 4 heteroatoms. The van der Waals surface area contributed by atoms with E-state index in [1.54, 1.807) is 0 Å². The summed E-state index contributed by atoms with van der Waals surface area (Å²) in [6.07, 6.45) is -1.59. The zero-order valence-electron chi connectivity index (χ0n) is 4.96. The van der Waals surface area contributed by atoms with Gasteiger partial charge in [-0.25, -0.2) is 4.39 Å². The van der Waals surface area contributed by atoms with E-state index in [9.17, 15) is 4.39 Å². The average molecular weight is 130 g/mol. The van der Waals surface area contributed by atoms with Gasteiger partial charge in [0, 0.05) is 6.00 Å². The minimum absolute atomic E-state index is 0.200.